The molecule has 0 aliphatic rings. The van der Waals surface area contributed by atoms with Crippen molar-refractivity contribution in [2.24, 2.45) is 0 Å². The molecule has 0 atom stereocenters. The van der Waals surface area contributed by atoms with Crippen molar-refractivity contribution in [1.29, 1.82) is 0 Å². The molecule has 0 unspecified atom stereocenters. The molecule has 0 N–H and O–H groups in total. The second-order valence-electron chi connectivity index (χ2n) is 4.22. The SMILES string of the molecule is CCOc1ccccc1C(=O)c1cc(Cl)c(OC)cc1Cl. The smallest absolute Gasteiger partial charge is 0.198 e. The molecule has 0 heterocycles. The highest BCUT2D eigenvalue weighted by Crippen LogP contribution is 2.33. The molecular weight excluding hydrogens is 311 g/mol. The minimum absolute atomic E-state index is 0.242. The van der Waals surface area contributed by atoms with Gasteiger partial charge in [0.15, 0.2) is 5.78 Å². The molecule has 0 spiro atoms. The van der Waals surface area contributed by atoms with Gasteiger partial charge in [0.05, 0.1) is 29.3 Å². The Hall–Kier alpha value is -1.71. The number of para-hydroxylation sites is 1. The quantitative estimate of drug-likeness (QED) is 0.752. The number of benzene rings is 2. The Morgan fingerprint density at radius 2 is 1.76 bits per heavy atom. The number of halogens is 2. The van der Waals surface area contributed by atoms with Crippen LogP contribution in [0.15, 0.2) is 36.4 Å². The Balaban J connectivity index is 2.48. The van der Waals surface area contributed by atoms with Crippen LogP contribution in [0.1, 0.15) is 22.8 Å². The van der Waals surface area contributed by atoms with Crippen LogP contribution in [0.4, 0.5) is 0 Å². The van der Waals surface area contributed by atoms with Crippen molar-refractivity contribution in [1.82, 2.24) is 0 Å². The highest BCUT2D eigenvalue weighted by atomic mass is 35.5. The van der Waals surface area contributed by atoms with E-state index in [1.54, 1.807) is 18.2 Å². The zero-order valence-electron chi connectivity index (χ0n) is 11.7. The summed E-state index contributed by atoms with van der Waals surface area (Å²) < 4.78 is 10.5. The second kappa shape index (κ2) is 6.83. The van der Waals surface area contributed by atoms with E-state index in [0.717, 1.165) is 0 Å². The van der Waals surface area contributed by atoms with Crippen LogP contribution >= 0.6 is 23.2 Å². The van der Waals surface area contributed by atoms with Gasteiger partial charge in [0.2, 0.25) is 0 Å². The summed E-state index contributed by atoms with van der Waals surface area (Å²) >= 11 is 12.2. The van der Waals surface area contributed by atoms with E-state index >= 15 is 0 Å². The molecule has 2 aromatic carbocycles. The van der Waals surface area contributed by atoms with E-state index in [1.807, 2.05) is 13.0 Å². The molecule has 0 fully saturated rings. The van der Waals surface area contributed by atoms with Gasteiger partial charge in [-0.25, -0.2) is 0 Å². The zero-order chi connectivity index (χ0) is 15.4. The lowest BCUT2D eigenvalue weighted by atomic mass is 10.0. The van der Waals surface area contributed by atoms with Gasteiger partial charge in [0.25, 0.3) is 0 Å². The number of methoxy groups -OCH3 is 1. The third kappa shape index (κ3) is 3.31. The molecular formula is C16H14Cl2O3. The summed E-state index contributed by atoms with van der Waals surface area (Å²) in [5.41, 5.74) is 0.761. The maximum atomic E-state index is 12.7. The third-order valence-electron chi connectivity index (χ3n) is 2.92. The molecule has 2 rings (SSSR count). The number of ketones is 1. The Labute approximate surface area is 133 Å². The van der Waals surface area contributed by atoms with Crippen molar-refractivity contribution in [3.05, 3.63) is 57.6 Å². The molecule has 0 radical (unpaired) electrons. The van der Waals surface area contributed by atoms with Gasteiger partial charge < -0.3 is 9.47 Å². The van der Waals surface area contributed by atoms with Crippen molar-refractivity contribution in [2.45, 2.75) is 6.92 Å². The predicted octanol–water partition coefficient (Wildman–Crippen LogP) is 4.63. The molecule has 0 aliphatic carbocycles. The monoisotopic (exact) mass is 324 g/mol. The van der Waals surface area contributed by atoms with Gasteiger partial charge in [-0.2, -0.15) is 0 Å². The van der Waals surface area contributed by atoms with Crippen LogP contribution in [0, 0.1) is 0 Å². The summed E-state index contributed by atoms with van der Waals surface area (Å²) in [6.45, 7) is 2.33. The summed E-state index contributed by atoms with van der Waals surface area (Å²) in [5, 5.41) is 0.617. The van der Waals surface area contributed by atoms with Crippen LogP contribution in [0.3, 0.4) is 0 Å². The van der Waals surface area contributed by atoms with Crippen LogP contribution in [0.2, 0.25) is 10.0 Å². The Kier molecular flexibility index (Phi) is 5.10. The fourth-order valence-corrected chi connectivity index (χ4v) is 2.42. The van der Waals surface area contributed by atoms with E-state index in [0.29, 0.717) is 34.3 Å². The Morgan fingerprint density at radius 3 is 2.43 bits per heavy atom. The van der Waals surface area contributed by atoms with E-state index in [9.17, 15) is 4.79 Å². The van der Waals surface area contributed by atoms with E-state index in [4.69, 9.17) is 32.7 Å². The summed E-state index contributed by atoms with van der Waals surface area (Å²) in [4.78, 5) is 12.7. The van der Waals surface area contributed by atoms with Gasteiger partial charge >= 0.3 is 0 Å². The number of carbonyl (C=O) groups excluding carboxylic acids is 1. The first-order valence-electron chi connectivity index (χ1n) is 6.38. The first-order valence-corrected chi connectivity index (χ1v) is 7.13. The standard InChI is InChI=1S/C16H14Cl2O3/c1-3-21-14-7-5-4-6-10(14)16(19)11-8-13(18)15(20-2)9-12(11)17/h4-9H,3H2,1-2H3. The molecule has 21 heavy (non-hydrogen) atoms. The first-order chi connectivity index (χ1) is 10.1. The fourth-order valence-electron chi connectivity index (χ4n) is 1.94. The molecule has 0 saturated heterocycles. The van der Waals surface area contributed by atoms with Crippen molar-refractivity contribution < 1.29 is 14.3 Å². The summed E-state index contributed by atoms with van der Waals surface area (Å²) in [7, 11) is 1.49. The van der Waals surface area contributed by atoms with Crippen LogP contribution in [-0.2, 0) is 0 Å². The van der Waals surface area contributed by atoms with E-state index in [2.05, 4.69) is 0 Å². The van der Waals surface area contributed by atoms with Crippen LogP contribution in [-0.4, -0.2) is 19.5 Å². The number of rotatable bonds is 5. The fraction of sp³-hybridized carbons (Fsp3) is 0.188. The average Bonchev–Trinajstić information content (AvgIpc) is 2.49. The van der Waals surface area contributed by atoms with Gasteiger partial charge in [0, 0.05) is 11.6 Å². The highest BCUT2D eigenvalue weighted by molar-refractivity contribution is 6.37. The summed E-state index contributed by atoms with van der Waals surface area (Å²) in [5.74, 6) is 0.706. The Morgan fingerprint density at radius 1 is 1.05 bits per heavy atom. The highest BCUT2D eigenvalue weighted by Gasteiger charge is 2.19. The van der Waals surface area contributed by atoms with E-state index in [1.165, 1.54) is 19.2 Å². The molecule has 0 amide bonds. The lowest BCUT2D eigenvalue weighted by Gasteiger charge is -2.11. The lowest BCUT2D eigenvalue weighted by molar-refractivity contribution is 0.103. The summed E-state index contributed by atoms with van der Waals surface area (Å²) in [6, 6.07) is 10.1. The van der Waals surface area contributed by atoms with Crippen molar-refractivity contribution in [2.75, 3.05) is 13.7 Å². The zero-order valence-corrected chi connectivity index (χ0v) is 13.2. The molecule has 5 heteroatoms. The third-order valence-corrected chi connectivity index (χ3v) is 3.53. The number of hydrogen-bond donors (Lipinski definition) is 0. The maximum Gasteiger partial charge on any atom is 0.198 e. The molecule has 110 valence electrons. The first kappa shape index (κ1) is 15.7. The number of carbonyl (C=O) groups is 1. The van der Waals surface area contributed by atoms with E-state index in [-0.39, 0.29) is 10.8 Å². The molecule has 0 aromatic heterocycles. The second-order valence-corrected chi connectivity index (χ2v) is 5.04. The molecule has 2 aromatic rings. The molecule has 0 saturated carbocycles. The maximum absolute atomic E-state index is 12.7. The van der Waals surface area contributed by atoms with Crippen LogP contribution in [0.25, 0.3) is 0 Å². The van der Waals surface area contributed by atoms with Crippen molar-refractivity contribution in [3.63, 3.8) is 0 Å². The molecule has 3 nitrogen and oxygen atoms in total. The number of ether oxygens (including phenoxy) is 2. The van der Waals surface area contributed by atoms with Crippen molar-refractivity contribution >= 4 is 29.0 Å². The average molecular weight is 325 g/mol. The van der Waals surface area contributed by atoms with Crippen molar-refractivity contribution in [3.8, 4) is 11.5 Å². The predicted molar refractivity (Wildman–Crippen MR) is 84.1 cm³/mol. The Bertz CT molecular complexity index is 669. The summed E-state index contributed by atoms with van der Waals surface area (Å²) in [6.07, 6.45) is 0. The lowest BCUT2D eigenvalue weighted by Crippen LogP contribution is -2.06. The largest absolute Gasteiger partial charge is 0.495 e. The minimum Gasteiger partial charge on any atom is -0.495 e. The van der Waals surface area contributed by atoms with Crippen LogP contribution < -0.4 is 9.47 Å². The topological polar surface area (TPSA) is 35.5 Å². The van der Waals surface area contributed by atoms with Gasteiger partial charge in [-0.3, -0.25) is 4.79 Å². The normalized spacial score (nSPS) is 10.3. The van der Waals surface area contributed by atoms with Gasteiger partial charge in [0.1, 0.15) is 11.5 Å². The minimum atomic E-state index is -0.242. The van der Waals surface area contributed by atoms with E-state index < -0.39 is 0 Å². The number of hydrogen-bond acceptors (Lipinski definition) is 3. The van der Waals surface area contributed by atoms with Crippen LogP contribution in [0.5, 0.6) is 11.5 Å². The molecule has 0 bridgehead atoms. The van der Waals surface area contributed by atoms with Gasteiger partial charge in [-0.1, -0.05) is 35.3 Å². The van der Waals surface area contributed by atoms with Gasteiger partial charge in [-0.05, 0) is 25.1 Å². The molecule has 0 aliphatic heterocycles. The van der Waals surface area contributed by atoms with Gasteiger partial charge in [-0.15, -0.1) is 0 Å².